The van der Waals surface area contributed by atoms with Crippen LogP contribution >= 0.6 is 0 Å². The maximum atomic E-state index is 12.8. The average Bonchev–Trinajstić information content (AvgIpc) is 2.63. The molecule has 0 heterocycles. The second kappa shape index (κ2) is 7.73. The number of amides is 1. The van der Waals surface area contributed by atoms with E-state index in [4.69, 9.17) is 4.74 Å². The summed E-state index contributed by atoms with van der Waals surface area (Å²) in [5, 5.41) is 3.22. The first-order valence-corrected chi connectivity index (χ1v) is 9.21. The van der Waals surface area contributed by atoms with Gasteiger partial charge in [-0.25, -0.2) is 0 Å². The zero-order valence-corrected chi connectivity index (χ0v) is 15.3. The SMILES string of the molecule is CC[C@H](Oc1cccc(C)c1C)C(=O)N[C@H]1CCCc2ccccc21. The quantitative estimate of drug-likeness (QED) is 0.862. The average molecular weight is 337 g/mol. The Labute approximate surface area is 150 Å². The van der Waals surface area contributed by atoms with Crippen LogP contribution in [0, 0.1) is 13.8 Å². The first kappa shape index (κ1) is 17.5. The number of ether oxygens (including phenoxy) is 1. The van der Waals surface area contributed by atoms with Crippen molar-refractivity contribution in [2.75, 3.05) is 0 Å². The molecule has 0 aliphatic heterocycles. The lowest BCUT2D eigenvalue weighted by Gasteiger charge is -2.28. The van der Waals surface area contributed by atoms with Crippen LogP contribution < -0.4 is 10.1 Å². The van der Waals surface area contributed by atoms with Gasteiger partial charge in [0.2, 0.25) is 0 Å². The summed E-state index contributed by atoms with van der Waals surface area (Å²) in [6.07, 6.45) is 3.38. The molecule has 2 aromatic carbocycles. The number of hydrogen-bond donors (Lipinski definition) is 1. The van der Waals surface area contributed by atoms with Gasteiger partial charge in [0.1, 0.15) is 5.75 Å². The molecule has 0 fully saturated rings. The highest BCUT2D eigenvalue weighted by molar-refractivity contribution is 5.81. The monoisotopic (exact) mass is 337 g/mol. The Morgan fingerprint density at radius 3 is 2.80 bits per heavy atom. The van der Waals surface area contributed by atoms with E-state index in [1.165, 1.54) is 16.7 Å². The number of aryl methyl sites for hydroxylation is 2. The van der Waals surface area contributed by atoms with E-state index in [2.05, 4.69) is 36.5 Å². The fourth-order valence-corrected chi connectivity index (χ4v) is 3.50. The van der Waals surface area contributed by atoms with Crippen LogP contribution in [-0.2, 0) is 11.2 Å². The van der Waals surface area contributed by atoms with E-state index in [1.807, 2.05) is 32.0 Å². The largest absolute Gasteiger partial charge is 0.480 e. The minimum atomic E-state index is -0.463. The van der Waals surface area contributed by atoms with Gasteiger partial charge in [0.25, 0.3) is 5.91 Å². The fourth-order valence-electron chi connectivity index (χ4n) is 3.50. The Balaban J connectivity index is 1.72. The molecule has 132 valence electrons. The van der Waals surface area contributed by atoms with Gasteiger partial charge in [0.05, 0.1) is 6.04 Å². The zero-order chi connectivity index (χ0) is 17.8. The number of hydrogen-bond acceptors (Lipinski definition) is 2. The standard InChI is InChI=1S/C22H27NO2/c1-4-20(25-21-14-7-9-15(2)16(21)3)22(24)23-19-13-8-11-17-10-5-6-12-18(17)19/h5-7,9-10,12,14,19-20H,4,8,11,13H2,1-3H3,(H,23,24)/t19-,20-/m0/s1. The molecule has 1 aliphatic rings. The van der Waals surface area contributed by atoms with Crippen molar-refractivity contribution >= 4 is 5.91 Å². The van der Waals surface area contributed by atoms with Crippen LogP contribution in [0.2, 0.25) is 0 Å². The van der Waals surface area contributed by atoms with Crippen LogP contribution in [-0.4, -0.2) is 12.0 Å². The second-order valence-electron chi connectivity index (χ2n) is 6.87. The van der Waals surface area contributed by atoms with Gasteiger partial charge in [-0.3, -0.25) is 4.79 Å². The van der Waals surface area contributed by atoms with Gasteiger partial charge in [0.15, 0.2) is 6.10 Å². The highest BCUT2D eigenvalue weighted by Gasteiger charge is 2.26. The lowest BCUT2D eigenvalue weighted by atomic mass is 9.87. The minimum absolute atomic E-state index is 0.0230. The molecule has 0 aromatic heterocycles. The lowest BCUT2D eigenvalue weighted by Crippen LogP contribution is -2.41. The Morgan fingerprint density at radius 2 is 2.00 bits per heavy atom. The molecule has 0 bridgehead atoms. The van der Waals surface area contributed by atoms with E-state index < -0.39 is 6.10 Å². The fraction of sp³-hybridized carbons (Fsp3) is 0.409. The summed E-state index contributed by atoms with van der Waals surface area (Å²) in [5.41, 5.74) is 4.87. The first-order valence-electron chi connectivity index (χ1n) is 9.21. The third-order valence-electron chi connectivity index (χ3n) is 5.17. The van der Waals surface area contributed by atoms with Crippen LogP contribution in [0.15, 0.2) is 42.5 Å². The normalized spacial score (nSPS) is 17.5. The van der Waals surface area contributed by atoms with E-state index in [9.17, 15) is 4.79 Å². The van der Waals surface area contributed by atoms with Gasteiger partial charge in [-0.05, 0) is 67.9 Å². The summed E-state index contributed by atoms with van der Waals surface area (Å²) in [6, 6.07) is 14.5. The van der Waals surface area contributed by atoms with Gasteiger partial charge in [-0.1, -0.05) is 43.3 Å². The molecule has 3 rings (SSSR count). The Hall–Kier alpha value is -2.29. The van der Waals surface area contributed by atoms with E-state index in [0.29, 0.717) is 6.42 Å². The molecule has 0 radical (unpaired) electrons. The summed E-state index contributed by atoms with van der Waals surface area (Å²) in [4.78, 5) is 12.8. The van der Waals surface area contributed by atoms with Crippen molar-refractivity contribution in [1.29, 1.82) is 0 Å². The highest BCUT2D eigenvalue weighted by atomic mass is 16.5. The van der Waals surface area contributed by atoms with E-state index in [0.717, 1.165) is 30.6 Å². The molecule has 0 unspecified atom stereocenters. The van der Waals surface area contributed by atoms with Crippen molar-refractivity contribution in [3.05, 3.63) is 64.7 Å². The molecule has 1 amide bonds. The molecule has 2 aromatic rings. The van der Waals surface area contributed by atoms with Gasteiger partial charge in [-0.2, -0.15) is 0 Å². The van der Waals surface area contributed by atoms with Crippen LogP contribution in [0.4, 0.5) is 0 Å². The smallest absolute Gasteiger partial charge is 0.261 e. The minimum Gasteiger partial charge on any atom is -0.480 e. The van der Waals surface area contributed by atoms with Gasteiger partial charge in [-0.15, -0.1) is 0 Å². The van der Waals surface area contributed by atoms with Crippen molar-refractivity contribution in [2.45, 2.75) is 58.6 Å². The maximum absolute atomic E-state index is 12.8. The number of carbonyl (C=O) groups is 1. The van der Waals surface area contributed by atoms with Crippen molar-refractivity contribution in [2.24, 2.45) is 0 Å². The number of carbonyl (C=O) groups excluding carboxylic acids is 1. The Kier molecular flexibility index (Phi) is 5.42. The van der Waals surface area contributed by atoms with Crippen LogP contribution in [0.3, 0.4) is 0 Å². The topological polar surface area (TPSA) is 38.3 Å². The van der Waals surface area contributed by atoms with Gasteiger partial charge >= 0.3 is 0 Å². The predicted octanol–water partition coefficient (Wildman–Crippen LogP) is 4.65. The summed E-state index contributed by atoms with van der Waals surface area (Å²) >= 11 is 0. The molecular weight excluding hydrogens is 310 g/mol. The van der Waals surface area contributed by atoms with Crippen LogP contribution in [0.5, 0.6) is 5.75 Å². The second-order valence-corrected chi connectivity index (χ2v) is 6.87. The van der Waals surface area contributed by atoms with E-state index in [-0.39, 0.29) is 11.9 Å². The summed E-state index contributed by atoms with van der Waals surface area (Å²) in [7, 11) is 0. The number of nitrogens with one attached hydrogen (secondary N) is 1. The van der Waals surface area contributed by atoms with Gasteiger partial charge < -0.3 is 10.1 Å². The molecule has 3 nitrogen and oxygen atoms in total. The summed E-state index contributed by atoms with van der Waals surface area (Å²) in [5.74, 6) is 0.774. The van der Waals surface area contributed by atoms with Crippen molar-refractivity contribution in [1.82, 2.24) is 5.32 Å². The first-order chi connectivity index (χ1) is 12.1. The van der Waals surface area contributed by atoms with Crippen molar-refractivity contribution < 1.29 is 9.53 Å². The molecule has 1 N–H and O–H groups in total. The number of rotatable bonds is 5. The van der Waals surface area contributed by atoms with Gasteiger partial charge in [0, 0.05) is 0 Å². The molecular formula is C22H27NO2. The summed E-state index contributed by atoms with van der Waals surface area (Å²) in [6.45, 7) is 6.08. The molecule has 3 heteroatoms. The zero-order valence-electron chi connectivity index (χ0n) is 15.3. The van der Waals surface area contributed by atoms with Crippen molar-refractivity contribution in [3.8, 4) is 5.75 Å². The molecule has 2 atom stereocenters. The van der Waals surface area contributed by atoms with E-state index >= 15 is 0 Å². The third-order valence-corrected chi connectivity index (χ3v) is 5.17. The maximum Gasteiger partial charge on any atom is 0.261 e. The molecule has 0 saturated heterocycles. The Morgan fingerprint density at radius 1 is 1.20 bits per heavy atom. The molecule has 0 saturated carbocycles. The Bertz CT molecular complexity index is 753. The number of benzene rings is 2. The lowest BCUT2D eigenvalue weighted by molar-refractivity contribution is -0.129. The van der Waals surface area contributed by atoms with Crippen LogP contribution in [0.25, 0.3) is 0 Å². The highest BCUT2D eigenvalue weighted by Crippen LogP contribution is 2.30. The van der Waals surface area contributed by atoms with Crippen molar-refractivity contribution in [3.63, 3.8) is 0 Å². The third kappa shape index (κ3) is 3.87. The molecule has 0 spiro atoms. The van der Waals surface area contributed by atoms with E-state index in [1.54, 1.807) is 0 Å². The number of fused-ring (bicyclic) bond motifs is 1. The van der Waals surface area contributed by atoms with Crippen LogP contribution in [0.1, 0.15) is 54.5 Å². The molecule has 25 heavy (non-hydrogen) atoms. The predicted molar refractivity (Wildman–Crippen MR) is 101 cm³/mol. The summed E-state index contributed by atoms with van der Waals surface area (Å²) < 4.78 is 6.05. The molecule has 1 aliphatic carbocycles.